The van der Waals surface area contributed by atoms with E-state index in [0.717, 1.165) is 12.8 Å². The van der Waals surface area contributed by atoms with Crippen molar-refractivity contribution in [3.05, 3.63) is 0 Å². The van der Waals surface area contributed by atoms with Crippen molar-refractivity contribution in [3.8, 4) is 0 Å². The molecule has 0 aromatic carbocycles. The molecule has 1 fully saturated rings. The minimum absolute atomic E-state index is 0.316. The summed E-state index contributed by atoms with van der Waals surface area (Å²) in [5.41, 5.74) is 5.50. The minimum atomic E-state index is -0.325. The van der Waals surface area contributed by atoms with Gasteiger partial charge in [0.2, 0.25) is 0 Å². The van der Waals surface area contributed by atoms with Crippen LogP contribution >= 0.6 is 0 Å². The van der Waals surface area contributed by atoms with Crippen LogP contribution in [0.25, 0.3) is 0 Å². The third-order valence-electron chi connectivity index (χ3n) is 2.69. The summed E-state index contributed by atoms with van der Waals surface area (Å²) in [6.45, 7) is 3.85. The molecular weight excluding hydrogens is 162 g/mol. The van der Waals surface area contributed by atoms with E-state index in [2.05, 4.69) is 0 Å². The molecule has 0 bridgehead atoms. The van der Waals surface area contributed by atoms with E-state index in [0.29, 0.717) is 18.1 Å². The summed E-state index contributed by atoms with van der Waals surface area (Å²) in [4.78, 5) is 11.7. The normalized spacial score (nSPS) is 20.2. The van der Waals surface area contributed by atoms with Crippen LogP contribution in [0.15, 0.2) is 0 Å². The maximum Gasteiger partial charge on any atom is 0.137 e. The highest BCUT2D eigenvalue weighted by Gasteiger charge is 2.25. The Kier molecular flexibility index (Phi) is 3.48. The maximum absolute atomic E-state index is 11.7. The highest BCUT2D eigenvalue weighted by atomic mass is 16.1. The number of carbonyl (C=O) groups excluding carboxylic acids is 1. The summed E-state index contributed by atoms with van der Waals surface area (Å²) in [5, 5.41) is 0. The van der Waals surface area contributed by atoms with E-state index in [1.165, 1.54) is 19.3 Å². The van der Waals surface area contributed by atoms with E-state index in [1.807, 2.05) is 13.8 Å². The zero-order chi connectivity index (χ0) is 9.90. The number of carbonyl (C=O) groups is 1. The Morgan fingerprint density at radius 1 is 1.31 bits per heavy atom. The third-order valence-corrected chi connectivity index (χ3v) is 2.69. The predicted octanol–water partition coefficient (Wildman–Crippen LogP) is 2.26. The van der Waals surface area contributed by atoms with Crippen LogP contribution in [0.4, 0.5) is 0 Å². The number of hydrogen-bond donors (Lipinski definition) is 1. The van der Waals surface area contributed by atoms with Gasteiger partial charge >= 0.3 is 0 Å². The molecule has 0 unspecified atom stereocenters. The summed E-state index contributed by atoms with van der Waals surface area (Å²) < 4.78 is 0. The van der Waals surface area contributed by atoms with Gasteiger partial charge in [-0.2, -0.15) is 0 Å². The van der Waals surface area contributed by atoms with Gasteiger partial charge in [-0.3, -0.25) is 4.79 Å². The molecule has 0 saturated heterocycles. The van der Waals surface area contributed by atoms with Crippen molar-refractivity contribution in [3.63, 3.8) is 0 Å². The zero-order valence-corrected chi connectivity index (χ0v) is 8.81. The Hall–Kier alpha value is -0.370. The van der Waals surface area contributed by atoms with E-state index in [1.54, 1.807) is 0 Å². The van der Waals surface area contributed by atoms with Crippen LogP contribution in [0.5, 0.6) is 0 Å². The molecule has 0 heterocycles. The first kappa shape index (κ1) is 10.7. The van der Waals surface area contributed by atoms with Crippen molar-refractivity contribution in [2.45, 2.75) is 57.9 Å². The quantitative estimate of drug-likeness (QED) is 0.729. The number of Topliss-reactive ketones (excluding diaryl/α,β-unsaturated/α-hetero) is 1. The molecule has 0 atom stereocenters. The van der Waals surface area contributed by atoms with Crippen molar-refractivity contribution >= 4 is 5.78 Å². The SMILES string of the molecule is CC(C)(N)CC(=O)C1CCCCC1. The minimum Gasteiger partial charge on any atom is -0.325 e. The first-order valence-corrected chi connectivity index (χ1v) is 5.31. The van der Waals surface area contributed by atoms with Gasteiger partial charge < -0.3 is 5.73 Å². The van der Waals surface area contributed by atoms with Crippen molar-refractivity contribution < 1.29 is 4.79 Å². The molecule has 2 heteroatoms. The molecule has 0 amide bonds. The molecule has 13 heavy (non-hydrogen) atoms. The standard InChI is InChI=1S/C11H21NO/c1-11(2,12)8-10(13)9-6-4-3-5-7-9/h9H,3-8,12H2,1-2H3. The Labute approximate surface area is 80.9 Å². The molecule has 1 aliphatic carbocycles. The van der Waals surface area contributed by atoms with Crippen molar-refractivity contribution in [1.29, 1.82) is 0 Å². The second kappa shape index (κ2) is 4.23. The lowest BCUT2D eigenvalue weighted by Gasteiger charge is -2.24. The number of hydrogen-bond acceptors (Lipinski definition) is 2. The van der Waals surface area contributed by atoms with E-state index >= 15 is 0 Å². The molecule has 2 N–H and O–H groups in total. The maximum atomic E-state index is 11.7. The highest BCUT2D eigenvalue weighted by Crippen LogP contribution is 2.26. The molecule has 0 spiro atoms. The summed E-state index contributed by atoms with van der Waals surface area (Å²) >= 11 is 0. The monoisotopic (exact) mass is 183 g/mol. The summed E-state index contributed by atoms with van der Waals surface area (Å²) in [6.07, 6.45) is 6.47. The average Bonchev–Trinajstić information content (AvgIpc) is 2.03. The van der Waals surface area contributed by atoms with E-state index in [-0.39, 0.29) is 5.54 Å². The van der Waals surface area contributed by atoms with Crippen LogP contribution in [0.2, 0.25) is 0 Å². The average molecular weight is 183 g/mol. The topological polar surface area (TPSA) is 43.1 Å². The first-order chi connectivity index (χ1) is 5.99. The largest absolute Gasteiger partial charge is 0.325 e. The Balaban J connectivity index is 2.38. The van der Waals surface area contributed by atoms with Gasteiger partial charge in [-0.25, -0.2) is 0 Å². The lowest BCUT2D eigenvalue weighted by Crippen LogP contribution is -2.36. The molecule has 1 rings (SSSR count). The summed E-state index contributed by atoms with van der Waals surface area (Å²) in [5.74, 6) is 0.698. The number of ketones is 1. The van der Waals surface area contributed by atoms with Gasteiger partial charge in [-0.15, -0.1) is 0 Å². The molecule has 0 radical (unpaired) electrons. The molecular formula is C11H21NO. The molecule has 0 aliphatic heterocycles. The van der Waals surface area contributed by atoms with Crippen LogP contribution in [0.3, 0.4) is 0 Å². The van der Waals surface area contributed by atoms with Gasteiger partial charge in [0, 0.05) is 17.9 Å². The van der Waals surface area contributed by atoms with Gasteiger partial charge in [0.15, 0.2) is 0 Å². The van der Waals surface area contributed by atoms with E-state index in [4.69, 9.17) is 5.73 Å². The second-order valence-corrected chi connectivity index (χ2v) is 4.97. The molecule has 1 aliphatic rings. The van der Waals surface area contributed by atoms with Crippen LogP contribution in [0.1, 0.15) is 52.4 Å². The second-order valence-electron chi connectivity index (χ2n) is 4.97. The zero-order valence-electron chi connectivity index (χ0n) is 8.81. The van der Waals surface area contributed by atoms with Gasteiger partial charge in [-0.1, -0.05) is 19.3 Å². The Morgan fingerprint density at radius 2 is 1.85 bits per heavy atom. The van der Waals surface area contributed by atoms with Gasteiger partial charge in [0.1, 0.15) is 5.78 Å². The number of nitrogens with two attached hydrogens (primary N) is 1. The lowest BCUT2D eigenvalue weighted by atomic mass is 9.82. The van der Waals surface area contributed by atoms with Crippen LogP contribution in [-0.4, -0.2) is 11.3 Å². The third kappa shape index (κ3) is 3.90. The lowest BCUT2D eigenvalue weighted by molar-refractivity contribution is -0.124. The Bertz CT molecular complexity index is 175. The molecule has 2 nitrogen and oxygen atoms in total. The van der Waals surface area contributed by atoms with Crippen LogP contribution in [0, 0.1) is 5.92 Å². The van der Waals surface area contributed by atoms with Crippen molar-refractivity contribution in [2.24, 2.45) is 11.7 Å². The summed E-state index contributed by atoms with van der Waals surface area (Å²) in [7, 11) is 0. The fourth-order valence-corrected chi connectivity index (χ4v) is 2.02. The van der Waals surface area contributed by atoms with E-state index in [9.17, 15) is 4.79 Å². The molecule has 0 aromatic heterocycles. The fraction of sp³-hybridized carbons (Fsp3) is 0.909. The van der Waals surface area contributed by atoms with Gasteiger partial charge in [-0.05, 0) is 26.7 Å². The van der Waals surface area contributed by atoms with Crippen molar-refractivity contribution in [2.75, 3.05) is 0 Å². The first-order valence-electron chi connectivity index (χ1n) is 5.31. The van der Waals surface area contributed by atoms with E-state index < -0.39 is 0 Å². The van der Waals surface area contributed by atoms with Crippen molar-refractivity contribution in [1.82, 2.24) is 0 Å². The van der Waals surface area contributed by atoms with Crippen LogP contribution < -0.4 is 5.73 Å². The summed E-state index contributed by atoms with van der Waals surface area (Å²) in [6, 6.07) is 0. The molecule has 0 aromatic rings. The van der Waals surface area contributed by atoms with Gasteiger partial charge in [0.05, 0.1) is 0 Å². The smallest absolute Gasteiger partial charge is 0.137 e. The predicted molar refractivity (Wildman–Crippen MR) is 54.5 cm³/mol. The Morgan fingerprint density at radius 3 is 2.31 bits per heavy atom. The van der Waals surface area contributed by atoms with Gasteiger partial charge in [0.25, 0.3) is 0 Å². The molecule has 76 valence electrons. The number of rotatable bonds is 3. The highest BCUT2D eigenvalue weighted by molar-refractivity contribution is 5.82. The molecule has 1 saturated carbocycles. The van der Waals surface area contributed by atoms with Crippen LogP contribution in [-0.2, 0) is 4.79 Å². The fourth-order valence-electron chi connectivity index (χ4n) is 2.02.